The number of aliphatic imine (C=N–C) groups is 1. The highest BCUT2D eigenvalue weighted by atomic mass is 35.5. The van der Waals surface area contributed by atoms with Gasteiger partial charge in [-0.3, -0.25) is 0 Å². The first kappa shape index (κ1) is 15.2. The molecule has 0 bridgehead atoms. The highest BCUT2D eigenvalue weighted by Crippen LogP contribution is 2.23. The minimum Gasteiger partial charge on any atom is -0.496 e. The molecule has 0 saturated carbocycles. The van der Waals surface area contributed by atoms with Gasteiger partial charge in [0.25, 0.3) is 0 Å². The quantitative estimate of drug-likeness (QED) is 0.670. The number of nitrogens with zero attached hydrogens (tertiary/aromatic N) is 1. The standard InChI is InChI=1S/C16H18ClN3O/c1-11-3-7-14(8-4-11)20-16(18)19-10-12-5-6-13(17)9-15(12)21-2/h3-9H,10H2,1-2H3,(H3,18,19,20). The van der Waals surface area contributed by atoms with Gasteiger partial charge in [-0.1, -0.05) is 35.4 Å². The maximum atomic E-state index is 5.93. The fourth-order valence-electron chi connectivity index (χ4n) is 1.84. The van der Waals surface area contributed by atoms with Gasteiger partial charge < -0.3 is 15.8 Å². The highest BCUT2D eigenvalue weighted by Gasteiger charge is 2.03. The van der Waals surface area contributed by atoms with E-state index >= 15 is 0 Å². The predicted octanol–water partition coefficient (Wildman–Crippen LogP) is 3.58. The molecule has 0 radical (unpaired) electrons. The molecule has 0 saturated heterocycles. The van der Waals surface area contributed by atoms with Gasteiger partial charge in [-0.25, -0.2) is 4.99 Å². The molecule has 0 heterocycles. The lowest BCUT2D eigenvalue weighted by Crippen LogP contribution is -2.22. The predicted molar refractivity (Wildman–Crippen MR) is 88.1 cm³/mol. The summed E-state index contributed by atoms with van der Waals surface area (Å²) >= 11 is 5.93. The molecule has 2 aromatic carbocycles. The molecule has 0 aliphatic carbocycles. The molecule has 110 valence electrons. The van der Waals surface area contributed by atoms with E-state index in [0.717, 1.165) is 11.3 Å². The maximum absolute atomic E-state index is 5.93. The molecule has 0 atom stereocenters. The fourth-order valence-corrected chi connectivity index (χ4v) is 2.01. The van der Waals surface area contributed by atoms with Crippen LogP contribution >= 0.6 is 11.6 Å². The van der Waals surface area contributed by atoms with Crippen molar-refractivity contribution in [2.24, 2.45) is 10.7 Å². The van der Waals surface area contributed by atoms with Crippen molar-refractivity contribution in [1.82, 2.24) is 0 Å². The van der Waals surface area contributed by atoms with Crippen LogP contribution in [0.25, 0.3) is 0 Å². The van der Waals surface area contributed by atoms with Crippen LogP contribution in [0.3, 0.4) is 0 Å². The molecule has 5 heteroatoms. The molecule has 0 aliphatic rings. The van der Waals surface area contributed by atoms with E-state index in [0.29, 0.717) is 23.3 Å². The summed E-state index contributed by atoms with van der Waals surface area (Å²) in [5.74, 6) is 1.06. The number of benzene rings is 2. The van der Waals surface area contributed by atoms with Gasteiger partial charge in [-0.05, 0) is 31.2 Å². The number of anilines is 1. The van der Waals surface area contributed by atoms with Crippen LogP contribution in [0, 0.1) is 6.92 Å². The van der Waals surface area contributed by atoms with E-state index in [4.69, 9.17) is 22.1 Å². The first-order valence-corrected chi connectivity index (χ1v) is 6.92. The topological polar surface area (TPSA) is 59.6 Å². The van der Waals surface area contributed by atoms with Crippen LogP contribution in [-0.4, -0.2) is 13.1 Å². The van der Waals surface area contributed by atoms with Gasteiger partial charge in [-0.2, -0.15) is 0 Å². The number of halogens is 1. The highest BCUT2D eigenvalue weighted by molar-refractivity contribution is 6.30. The van der Waals surface area contributed by atoms with Crippen LogP contribution in [-0.2, 0) is 6.54 Å². The van der Waals surface area contributed by atoms with Crippen LogP contribution < -0.4 is 15.8 Å². The van der Waals surface area contributed by atoms with E-state index < -0.39 is 0 Å². The van der Waals surface area contributed by atoms with Crippen LogP contribution in [0.15, 0.2) is 47.5 Å². The summed E-state index contributed by atoms with van der Waals surface area (Å²) in [5.41, 5.74) is 8.92. The van der Waals surface area contributed by atoms with E-state index in [1.54, 1.807) is 19.2 Å². The van der Waals surface area contributed by atoms with Gasteiger partial charge in [0.15, 0.2) is 5.96 Å². The van der Waals surface area contributed by atoms with Gasteiger partial charge in [0.05, 0.1) is 13.7 Å². The summed E-state index contributed by atoms with van der Waals surface area (Å²) in [5, 5.41) is 3.68. The van der Waals surface area contributed by atoms with E-state index in [9.17, 15) is 0 Å². The van der Waals surface area contributed by atoms with Crippen molar-refractivity contribution in [3.05, 3.63) is 58.6 Å². The van der Waals surface area contributed by atoms with E-state index in [1.807, 2.05) is 37.3 Å². The lowest BCUT2D eigenvalue weighted by atomic mass is 10.2. The number of aryl methyl sites for hydroxylation is 1. The number of hydrogen-bond donors (Lipinski definition) is 2. The fraction of sp³-hybridized carbons (Fsp3) is 0.188. The molecule has 0 amide bonds. The van der Waals surface area contributed by atoms with Crippen molar-refractivity contribution in [3.63, 3.8) is 0 Å². The van der Waals surface area contributed by atoms with E-state index in [-0.39, 0.29) is 0 Å². The third-order valence-corrected chi connectivity index (χ3v) is 3.23. The Balaban J connectivity index is 2.05. The Hall–Kier alpha value is -2.20. The minimum atomic E-state index is 0.357. The first-order valence-electron chi connectivity index (χ1n) is 6.54. The van der Waals surface area contributed by atoms with Gasteiger partial charge in [-0.15, -0.1) is 0 Å². The summed E-state index contributed by atoms with van der Waals surface area (Å²) in [6, 6.07) is 13.4. The molecule has 0 fully saturated rings. The molecular weight excluding hydrogens is 286 g/mol. The molecule has 3 N–H and O–H groups in total. The summed E-state index contributed by atoms with van der Waals surface area (Å²) < 4.78 is 5.27. The number of guanidine groups is 1. The average molecular weight is 304 g/mol. The average Bonchev–Trinajstić information content (AvgIpc) is 2.48. The second-order valence-electron chi connectivity index (χ2n) is 4.65. The second kappa shape index (κ2) is 6.99. The monoisotopic (exact) mass is 303 g/mol. The van der Waals surface area contributed by atoms with Crippen molar-refractivity contribution in [2.45, 2.75) is 13.5 Å². The smallest absolute Gasteiger partial charge is 0.193 e. The molecule has 0 aromatic heterocycles. The SMILES string of the molecule is COc1cc(Cl)ccc1CN=C(N)Nc1ccc(C)cc1. The minimum absolute atomic E-state index is 0.357. The first-order chi connectivity index (χ1) is 10.1. The summed E-state index contributed by atoms with van der Waals surface area (Å²) in [6.07, 6.45) is 0. The zero-order chi connectivity index (χ0) is 15.2. The van der Waals surface area contributed by atoms with E-state index in [2.05, 4.69) is 10.3 Å². The van der Waals surface area contributed by atoms with Crippen molar-refractivity contribution in [2.75, 3.05) is 12.4 Å². The van der Waals surface area contributed by atoms with Crippen molar-refractivity contribution in [3.8, 4) is 5.75 Å². The lowest BCUT2D eigenvalue weighted by Gasteiger charge is -2.08. The summed E-state index contributed by atoms with van der Waals surface area (Å²) in [4.78, 5) is 4.31. The third kappa shape index (κ3) is 4.39. The number of ether oxygens (including phenoxy) is 1. The molecule has 0 aliphatic heterocycles. The van der Waals surface area contributed by atoms with Gasteiger partial charge in [0, 0.05) is 16.3 Å². The molecule has 2 rings (SSSR count). The van der Waals surface area contributed by atoms with Crippen molar-refractivity contribution in [1.29, 1.82) is 0 Å². The van der Waals surface area contributed by atoms with Crippen molar-refractivity contribution >= 4 is 23.2 Å². The zero-order valence-corrected chi connectivity index (χ0v) is 12.8. The lowest BCUT2D eigenvalue weighted by molar-refractivity contribution is 0.410. The number of nitrogens with two attached hydrogens (primary N) is 1. The molecule has 21 heavy (non-hydrogen) atoms. The van der Waals surface area contributed by atoms with Gasteiger partial charge in [0.2, 0.25) is 0 Å². The number of nitrogens with one attached hydrogen (secondary N) is 1. The van der Waals surface area contributed by atoms with Crippen LogP contribution in [0.1, 0.15) is 11.1 Å². The Morgan fingerprint density at radius 3 is 2.62 bits per heavy atom. The third-order valence-electron chi connectivity index (χ3n) is 2.99. The Kier molecular flexibility index (Phi) is 5.06. The van der Waals surface area contributed by atoms with Gasteiger partial charge in [0.1, 0.15) is 5.75 Å². The molecule has 0 spiro atoms. The van der Waals surface area contributed by atoms with Crippen LogP contribution in [0.4, 0.5) is 5.69 Å². The number of methoxy groups -OCH3 is 1. The number of rotatable bonds is 4. The van der Waals surface area contributed by atoms with Crippen LogP contribution in [0.2, 0.25) is 5.02 Å². The Morgan fingerprint density at radius 2 is 1.95 bits per heavy atom. The van der Waals surface area contributed by atoms with Gasteiger partial charge >= 0.3 is 0 Å². The molecule has 4 nitrogen and oxygen atoms in total. The second-order valence-corrected chi connectivity index (χ2v) is 5.09. The normalized spacial score (nSPS) is 11.3. The molecule has 2 aromatic rings. The maximum Gasteiger partial charge on any atom is 0.193 e. The summed E-state index contributed by atoms with van der Waals surface area (Å²) in [7, 11) is 1.60. The van der Waals surface area contributed by atoms with Crippen molar-refractivity contribution < 1.29 is 4.74 Å². The zero-order valence-electron chi connectivity index (χ0n) is 12.1. The summed E-state index contributed by atoms with van der Waals surface area (Å²) in [6.45, 7) is 2.46. The molecule has 0 unspecified atom stereocenters. The van der Waals surface area contributed by atoms with Crippen LogP contribution in [0.5, 0.6) is 5.75 Å². The van der Waals surface area contributed by atoms with E-state index in [1.165, 1.54) is 5.56 Å². The largest absolute Gasteiger partial charge is 0.496 e. The number of hydrogen-bond acceptors (Lipinski definition) is 2. The Morgan fingerprint density at radius 1 is 1.24 bits per heavy atom. The Bertz CT molecular complexity index is 638. The Labute approximate surface area is 129 Å². The molecular formula is C16H18ClN3O.